The van der Waals surface area contributed by atoms with Gasteiger partial charge in [0.1, 0.15) is 11.6 Å². The second-order valence-corrected chi connectivity index (χ2v) is 8.88. The van der Waals surface area contributed by atoms with Gasteiger partial charge in [-0.3, -0.25) is 4.79 Å². The summed E-state index contributed by atoms with van der Waals surface area (Å²) < 4.78 is 27.2. The van der Waals surface area contributed by atoms with E-state index >= 15 is 0 Å². The maximum Gasteiger partial charge on any atom is 0.488 e. The van der Waals surface area contributed by atoms with Crippen LogP contribution >= 0.6 is 0 Å². The summed E-state index contributed by atoms with van der Waals surface area (Å²) in [5, 5.41) is 36.3. The first-order valence-electron chi connectivity index (χ1n) is 12.3. The summed E-state index contributed by atoms with van der Waals surface area (Å²) >= 11 is 0. The molecule has 1 amide bonds. The van der Waals surface area contributed by atoms with E-state index in [1.165, 1.54) is 19.1 Å². The van der Waals surface area contributed by atoms with Crippen molar-refractivity contribution in [3.8, 4) is 0 Å². The number of aliphatic hydroxyl groups excluding tert-OH is 1. The minimum atomic E-state index is -1.58. The molecular weight excluding hydrogens is 453 g/mol. The third kappa shape index (κ3) is 8.39. The first-order valence-corrected chi connectivity index (χ1v) is 12.3. The van der Waals surface area contributed by atoms with Gasteiger partial charge in [-0.15, -0.1) is 0 Å². The van der Waals surface area contributed by atoms with Crippen molar-refractivity contribution in [2.24, 2.45) is 0 Å². The van der Waals surface area contributed by atoms with Crippen molar-refractivity contribution in [1.29, 1.82) is 0 Å². The molecule has 0 radical (unpaired) electrons. The Balaban J connectivity index is 0.00000210. The lowest BCUT2D eigenvalue weighted by atomic mass is 9.72. The zero-order chi connectivity index (χ0) is 26.0. The molecule has 1 aliphatic rings. The maximum atomic E-state index is 13.6. The van der Waals surface area contributed by atoms with Crippen LogP contribution in [0.2, 0.25) is 0 Å². The van der Waals surface area contributed by atoms with Crippen molar-refractivity contribution in [3.63, 3.8) is 0 Å². The summed E-state index contributed by atoms with van der Waals surface area (Å²) in [6, 6.07) is 9.51. The van der Waals surface area contributed by atoms with Gasteiger partial charge in [-0.25, -0.2) is 8.78 Å². The molecule has 6 nitrogen and oxygen atoms in total. The number of nitrogens with one attached hydrogen (secondary N) is 2. The number of aliphatic hydroxyl groups is 1. The van der Waals surface area contributed by atoms with Crippen molar-refractivity contribution >= 4 is 18.5 Å². The van der Waals surface area contributed by atoms with Gasteiger partial charge in [-0.1, -0.05) is 57.4 Å². The van der Waals surface area contributed by atoms with Crippen LogP contribution in [0.4, 0.5) is 8.78 Å². The van der Waals surface area contributed by atoms with Gasteiger partial charge in [-0.05, 0) is 48.0 Å². The van der Waals surface area contributed by atoms with Crippen molar-refractivity contribution in [2.45, 2.75) is 77.0 Å². The zero-order valence-corrected chi connectivity index (χ0v) is 20.7. The van der Waals surface area contributed by atoms with Gasteiger partial charge >= 0.3 is 7.12 Å². The van der Waals surface area contributed by atoms with Crippen molar-refractivity contribution in [1.82, 2.24) is 10.6 Å². The van der Waals surface area contributed by atoms with E-state index in [9.17, 15) is 28.7 Å². The Morgan fingerprint density at radius 2 is 1.69 bits per heavy atom. The van der Waals surface area contributed by atoms with Crippen LogP contribution < -0.4 is 16.1 Å². The Bertz CT molecular complexity index is 934. The van der Waals surface area contributed by atoms with Gasteiger partial charge in [0.2, 0.25) is 5.91 Å². The second kappa shape index (κ2) is 13.7. The zero-order valence-electron chi connectivity index (χ0n) is 20.7. The Kier molecular flexibility index (Phi) is 11.3. The van der Waals surface area contributed by atoms with E-state index in [2.05, 4.69) is 10.6 Å². The van der Waals surface area contributed by atoms with Crippen LogP contribution in [0.1, 0.15) is 64.0 Å². The molecule has 192 valence electrons. The van der Waals surface area contributed by atoms with E-state index in [-0.39, 0.29) is 18.9 Å². The minimum absolute atomic E-state index is 0.0658. The summed E-state index contributed by atoms with van der Waals surface area (Å²) in [4.78, 5) is 11.7. The largest absolute Gasteiger partial charge is 0.488 e. The fourth-order valence-corrected chi connectivity index (χ4v) is 4.69. The predicted molar refractivity (Wildman–Crippen MR) is 134 cm³/mol. The smallest absolute Gasteiger partial charge is 0.423 e. The van der Waals surface area contributed by atoms with E-state index in [1.807, 2.05) is 19.9 Å². The number of halogens is 2. The molecule has 0 saturated heterocycles. The highest BCUT2D eigenvalue weighted by molar-refractivity contribution is 6.58. The number of carbonyl (C=O) groups is 1. The number of carbonyl (C=O) groups excluding carboxylic acids is 1. The molecule has 35 heavy (non-hydrogen) atoms. The third-order valence-electron chi connectivity index (χ3n) is 6.33. The molecule has 5 N–H and O–H groups in total. The fraction of sp³-hybridized carbons (Fsp3) is 0.500. The molecule has 0 heterocycles. The molecule has 1 aliphatic carbocycles. The highest BCUT2D eigenvalue weighted by Gasteiger charge is 2.35. The number of hydrogen-bond donors (Lipinski definition) is 5. The van der Waals surface area contributed by atoms with Gasteiger partial charge in [-0.2, -0.15) is 0 Å². The van der Waals surface area contributed by atoms with Crippen LogP contribution in [0.5, 0.6) is 0 Å². The Morgan fingerprint density at radius 3 is 2.26 bits per heavy atom. The number of rotatable bonds is 9. The molecule has 1 fully saturated rings. The number of amides is 1. The summed E-state index contributed by atoms with van der Waals surface area (Å²) in [7, 11) is -1.58. The second-order valence-electron chi connectivity index (χ2n) is 8.88. The predicted octanol–water partition coefficient (Wildman–Crippen LogP) is 2.53. The van der Waals surface area contributed by atoms with Crippen LogP contribution in [0.25, 0.3) is 0 Å². The van der Waals surface area contributed by atoms with Gasteiger partial charge in [0.05, 0.1) is 12.1 Å². The first-order chi connectivity index (χ1) is 16.7. The molecule has 2 aromatic carbocycles. The molecule has 1 saturated carbocycles. The van der Waals surface area contributed by atoms with Crippen molar-refractivity contribution < 1.29 is 28.7 Å². The minimum Gasteiger partial charge on any atom is -0.423 e. The Labute approximate surface area is 206 Å². The fourth-order valence-electron chi connectivity index (χ4n) is 4.69. The highest BCUT2D eigenvalue weighted by atomic mass is 19.1. The maximum absolute atomic E-state index is 13.6. The topological polar surface area (TPSA) is 102 Å². The number of benzene rings is 2. The van der Waals surface area contributed by atoms with Gasteiger partial charge in [0, 0.05) is 25.1 Å². The molecule has 0 spiro atoms. The lowest BCUT2D eigenvalue weighted by Crippen LogP contribution is -2.53. The lowest BCUT2D eigenvalue weighted by molar-refractivity contribution is -0.120. The lowest BCUT2D eigenvalue weighted by Gasteiger charge is -2.40. The summed E-state index contributed by atoms with van der Waals surface area (Å²) in [5.74, 6) is -1.79. The number of hydrogen-bond acceptors (Lipinski definition) is 5. The molecule has 2 atom stereocenters. The van der Waals surface area contributed by atoms with E-state index in [1.54, 1.807) is 18.2 Å². The van der Waals surface area contributed by atoms with E-state index < -0.39 is 36.4 Å². The molecule has 2 unspecified atom stereocenters. The average Bonchev–Trinajstić information content (AvgIpc) is 2.83. The standard InChI is InChI=1S/C24H31BF2N2O4.C2H6/c1-16(30)29-22(12-17-10-20(26)14-21(27)11-17)23(31)15-28-24(8-3-2-4-9-24)18-6-5-7-19(13-18)25(32)33;1-2/h5-7,10-11,13-14,22-23,28,31-33H,2-4,8-9,12,15H2,1H3,(H,29,30);1-2H3. The van der Waals surface area contributed by atoms with E-state index in [0.29, 0.717) is 11.0 Å². The third-order valence-corrected chi connectivity index (χ3v) is 6.33. The monoisotopic (exact) mass is 490 g/mol. The van der Waals surface area contributed by atoms with Crippen LogP contribution in [-0.4, -0.2) is 46.9 Å². The van der Waals surface area contributed by atoms with E-state index in [0.717, 1.165) is 43.7 Å². The molecule has 0 aliphatic heterocycles. The molecule has 0 bridgehead atoms. The van der Waals surface area contributed by atoms with Crippen LogP contribution in [-0.2, 0) is 16.8 Å². The summed E-state index contributed by atoms with van der Waals surface area (Å²) in [6.07, 6.45) is 3.71. The van der Waals surface area contributed by atoms with Gasteiger partial charge in [0.15, 0.2) is 0 Å². The molecular formula is C26H37BF2N2O4. The summed E-state index contributed by atoms with van der Waals surface area (Å²) in [6.45, 7) is 5.46. The molecule has 0 aromatic heterocycles. The van der Waals surface area contributed by atoms with Crippen LogP contribution in [0.3, 0.4) is 0 Å². The van der Waals surface area contributed by atoms with Gasteiger partial charge in [0.25, 0.3) is 0 Å². The molecule has 3 rings (SSSR count). The quantitative estimate of drug-likeness (QED) is 0.348. The normalized spacial score (nSPS) is 16.5. The van der Waals surface area contributed by atoms with Crippen molar-refractivity contribution in [2.75, 3.05) is 6.54 Å². The van der Waals surface area contributed by atoms with Gasteiger partial charge < -0.3 is 25.8 Å². The van der Waals surface area contributed by atoms with Crippen LogP contribution in [0, 0.1) is 11.6 Å². The van der Waals surface area contributed by atoms with Crippen LogP contribution in [0.15, 0.2) is 42.5 Å². The molecule has 9 heteroatoms. The Morgan fingerprint density at radius 1 is 1.06 bits per heavy atom. The van der Waals surface area contributed by atoms with E-state index in [4.69, 9.17) is 0 Å². The average molecular weight is 490 g/mol. The van der Waals surface area contributed by atoms with Crippen molar-refractivity contribution in [3.05, 3.63) is 65.2 Å². The SMILES string of the molecule is CC.CC(=O)NC(Cc1cc(F)cc(F)c1)C(O)CNC1(c2cccc(B(O)O)c2)CCCCC1. The summed E-state index contributed by atoms with van der Waals surface area (Å²) in [5.41, 5.74) is 1.17. The Hall–Kier alpha value is -2.33. The highest BCUT2D eigenvalue weighted by Crippen LogP contribution is 2.37. The molecule has 2 aromatic rings. The first kappa shape index (κ1) is 28.9.